The number of rotatable bonds is 1. The summed E-state index contributed by atoms with van der Waals surface area (Å²) in [6.07, 6.45) is 5.68. The van der Waals surface area contributed by atoms with E-state index in [2.05, 4.69) is 9.97 Å². The molecule has 1 aromatic heterocycles. The summed E-state index contributed by atoms with van der Waals surface area (Å²) in [4.78, 5) is 7.48. The summed E-state index contributed by atoms with van der Waals surface area (Å²) in [5, 5.41) is 0.539. The number of thioether (sulfide) groups is 1. The molecule has 1 N–H and O–H groups in total. The predicted octanol–water partition coefficient (Wildman–Crippen LogP) is 3.10. The molecule has 2 nitrogen and oxygen atoms in total. The van der Waals surface area contributed by atoms with Gasteiger partial charge in [-0.25, -0.2) is 4.98 Å². The molecule has 1 aliphatic heterocycles. The summed E-state index contributed by atoms with van der Waals surface area (Å²) in [5.41, 5.74) is 0. The van der Waals surface area contributed by atoms with Crippen LogP contribution < -0.4 is 0 Å². The Balaban J connectivity index is 2.19. The van der Waals surface area contributed by atoms with E-state index in [-0.39, 0.29) is 0 Å². The van der Waals surface area contributed by atoms with Gasteiger partial charge in [0.15, 0.2) is 0 Å². The van der Waals surface area contributed by atoms with Gasteiger partial charge in [0, 0.05) is 6.20 Å². The van der Waals surface area contributed by atoms with Crippen LogP contribution >= 0.6 is 24.0 Å². The summed E-state index contributed by atoms with van der Waals surface area (Å²) in [7, 11) is 0. The molecule has 0 radical (unpaired) electrons. The smallest absolute Gasteiger partial charge is 0.120 e. The van der Waals surface area contributed by atoms with E-state index >= 15 is 0 Å². The maximum absolute atomic E-state index is 5.06. The quantitative estimate of drug-likeness (QED) is 0.725. The molecule has 0 aliphatic carbocycles. The van der Waals surface area contributed by atoms with E-state index in [0.29, 0.717) is 5.25 Å². The van der Waals surface area contributed by atoms with Crippen LogP contribution in [0.2, 0.25) is 0 Å². The van der Waals surface area contributed by atoms with Gasteiger partial charge in [-0.3, -0.25) is 0 Å². The topological polar surface area (TPSA) is 28.7 Å². The van der Waals surface area contributed by atoms with E-state index in [9.17, 15) is 0 Å². The third-order valence-corrected chi connectivity index (χ3v) is 3.80. The van der Waals surface area contributed by atoms with Crippen LogP contribution in [0.5, 0.6) is 0 Å². The fourth-order valence-electron chi connectivity index (χ4n) is 1.51. The minimum Gasteiger partial charge on any atom is -0.334 e. The Morgan fingerprint density at radius 2 is 2.46 bits per heavy atom. The zero-order valence-electron chi connectivity index (χ0n) is 7.32. The molecular formula is C9H12N2S2. The van der Waals surface area contributed by atoms with Crippen molar-refractivity contribution in [3.05, 3.63) is 22.7 Å². The molecule has 0 bridgehead atoms. The van der Waals surface area contributed by atoms with Crippen molar-refractivity contribution < 1.29 is 0 Å². The Hall–Kier alpha value is -0.350. The summed E-state index contributed by atoms with van der Waals surface area (Å²) in [6, 6.07) is 1.83. The minimum absolute atomic E-state index is 0.539. The molecule has 0 amide bonds. The second kappa shape index (κ2) is 4.24. The SMILES string of the molecule is S=c1ccnc(C2CCCCS2)[nH]1. The monoisotopic (exact) mass is 212 g/mol. The van der Waals surface area contributed by atoms with Gasteiger partial charge in [0.25, 0.3) is 0 Å². The van der Waals surface area contributed by atoms with Crippen LogP contribution in [0.4, 0.5) is 0 Å². The molecule has 1 aliphatic rings. The fraction of sp³-hybridized carbons (Fsp3) is 0.556. The van der Waals surface area contributed by atoms with Gasteiger partial charge in [0.05, 0.1) is 5.25 Å². The van der Waals surface area contributed by atoms with E-state index in [1.807, 2.05) is 17.8 Å². The molecule has 1 aromatic rings. The lowest BCUT2D eigenvalue weighted by molar-refractivity contribution is 0.661. The summed E-state index contributed by atoms with van der Waals surface area (Å²) >= 11 is 7.05. The number of aromatic nitrogens is 2. The van der Waals surface area contributed by atoms with Crippen molar-refractivity contribution >= 4 is 24.0 Å². The third kappa shape index (κ3) is 2.31. The van der Waals surface area contributed by atoms with Crippen molar-refractivity contribution in [2.75, 3.05) is 5.75 Å². The summed E-state index contributed by atoms with van der Waals surface area (Å²) in [5.74, 6) is 2.30. The van der Waals surface area contributed by atoms with Crippen molar-refractivity contribution in [1.29, 1.82) is 0 Å². The van der Waals surface area contributed by atoms with Gasteiger partial charge in [0.2, 0.25) is 0 Å². The average Bonchev–Trinajstić information content (AvgIpc) is 2.19. The second-order valence-corrected chi connectivity index (χ2v) is 4.92. The van der Waals surface area contributed by atoms with Gasteiger partial charge in [-0.1, -0.05) is 18.6 Å². The lowest BCUT2D eigenvalue weighted by atomic mass is 10.2. The summed E-state index contributed by atoms with van der Waals surface area (Å²) in [6.45, 7) is 0. The van der Waals surface area contributed by atoms with Crippen molar-refractivity contribution in [3.63, 3.8) is 0 Å². The van der Waals surface area contributed by atoms with E-state index < -0.39 is 0 Å². The van der Waals surface area contributed by atoms with Crippen molar-refractivity contribution in [1.82, 2.24) is 9.97 Å². The van der Waals surface area contributed by atoms with Crippen molar-refractivity contribution in [2.24, 2.45) is 0 Å². The lowest BCUT2D eigenvalue weighted by Crippen LogP contribution is -2.06. The highest BCUT2D eigenvalue weighted by Gasteiger charge is 2.17. The van der Waals surface area contributed by atoms with Crippen LogP contribution in [0.3, 0.4) is 0 Å². The average molecular weight is 212 g/mol. The van der Waals surface area contributed by atoms with E-state index in [4.69, 9.17) is 12.2 Å². The number of nitrogens with zero attached hydrogens (tertiary/aromatic N) is 1. The van der Waals surface area contributed by atoms with Crippen LogP contribution in [0.1, 0.15) is 30.3 Å². The van der Waals surface area contributed by atoms with Crippen LogP contribution in [0.15, 0.2) is 12.3 Å². The highest BCUT2D eigenvalue weighted by Crippen LogP contribution is 2.36. The maximum Gasteiger partial charge on any atom is 0.120 e. The van der Waals surface area contributed by atoms with Crippen molar-refractivity contribution in [3.8, 4) is 0 Å². The maximum atomic E-state index is 5.06. The Bertz CT molecular complexity index is 328. The minimum atomic E-state index is 0.539. The predicted molar refractivity (Wildman–Crippen MR) is 58.5 cm³/mol. The molecule has 1 saturated heterocycles. The molecule has 1 fully saturated rings. The number of nitrogens with one attached hydrogen (secondary N) is 1. The van der Waals surface area contributed by atoms with Gasteiger partial charge in [-0.05, 0) is 24.7 Å². The Kier molecular flexibility index (Phi) is 3.01. The van der Waals surface area contributed by atoms with E-state index in [1.165, 1.54) is 25.0 Å². The van der Waals surface area contributed by atoms with Gasteiger partial charge < -0.3 is 4.98 Å². The van der Waals surface area contributed by atoms with Crippen LogP contribution in [0.25, 0.3) is 0 Å². The first-order valence-corrected chi connectivity index (χ1v) is 5.99. The van der Waals surface area contributed by atoms with Crippen molar-refractivity contribution in [2.45, 2.75) is 24.5 Å². The fourth-order valence-corrected chi connectivity index (χ4v) is 2.94. The number of hydrogen-bond acceptors (Lipinski definition) is 3. The molecular weight excluding hydrogens is 200 g/mol. The lowest BCUT2D eigenvalue weighted by Gasteiger charge is -2.19. The van der Waals surface area contributed by atoms with Gasteiger partial charge >= 0.3 is 0 Å². The third-order valence-electron chi connectivity index (χ3n) is 2.18. The standard InChI is InChI=1S/C9H12N2S2/c12-8-4-5-10-9(11-8)7-3-1-2-6-13-7/h4-5,7H,1-3,6H2,(H,10,11,12). The molecule has 4 heteroatoms. The Morgan fingerprint density at radius 3 is 3.15 bits per heavy atom. The zero-order chi connectivity index (χ0) is 9.10. The second-order valence-electron chi connectivity index (χ2n) is 3.17. The first-order chi connectivity index (χ1) is 6.36. The first-order valence-electron chi connectivity index (χ1n) is 4.53. The highest BCUT2D eigenvalue weighted by atomic mass is 32.2. The molecule has 2 rings (SSSR count). The first kappa shape index (κ1) is 9.21. The Labute approximate surface area is 87.2 Å². The molecule has 0 saturated carbocycles. The number of aromatic amines is 1. The Morgan fingerprint density at radius 1 is 1.54 bits per heavy atom. The molecule has 2 heterocycles. The van der Waals surface area contributed by atoms with Crippen LogP contribution in [-0.2, 0) is 0 Å². The molecule has 1 atom stereocenters. The molecule has 0 aromatic carbocycles. The van der Waals surface area contributed by atoms with Gasteiger partial charge in [0.1, 0.15) is 10.5 Å². The highest BCUT2D eigenvalue weighted by molar-refractivity contribution is 7.99. The van der Waals surface area contributed by atoms with Gasteiger partial charge in [-0.15, -0.1) is 0 Å². The van der Waals surface area contributed by atoms with Gasteiger partial charge in [-0.2, -0.15) is 11.8 Å². The molecule has 13 heavy (non-hydrogen) atoms. The summed E-state index contributed by atoms with van der Waals surface area (Å²) < 4.78 is 0.788. The largest absolute Gasteiger partial charge is 0.334 e. The molecule has 70 valence electrons. The zero-order valence-corrected chi connectivity index (χ0v) is 8.96. The van der Waals surface area contributed by atoms with Crippen LogP contribution in [0, 0.1) is 4.64 Å². The molecule has 0 spiro atoms. The number of hydrogen-bond donors (Lipinski definition) is 1. The van der Waals surface area contributed by atoms with E-state index in [1.54, 1.807) is 6.20 Å². The van der Waals surface area contributed by atoms with Crippen LogP contribution in [-0.4, -0.2) is 15.7 Å². The molecule has 1 unspecified atom stereocenters. The van der Waals surface area contributed by atoms with E-state index in [0.717, 1.165) is 10.5 Å². The number of H-pyrrole nitrogens is 1. The normalized spacial score (nSPS) is 22.9.